The molecule has 0 saturated carbocycles. The minimum Gasteiger partial charge on any atom is -0.363 e. The normalized spacial score (nSPS) is 10.6. The lowest BCUT2D eigenvalue weighted by Crippen LogP contribution is -2.28. The third-order valence-corrected chi connectivity index (χ3v) is 2.28. The molecule has 0 aliphatic carbocycles. The number of rotatable bonds is 6. The summed E-state index contributed by atoms with van der Waals surface area (Å²) in [5, 5.41) is 17.1. The van der Waals surface area contributed by atoms with Crippen LogP contribution in [0.3, 0.4) is 0 Å². The van der Waals surface area contributed by atoms with E-state index in [9.17, 15) is 10.1 Å². The molecule has 0 bridgehead atoms. The second kappa shape index (κ2) is 6.15. The Morgan fingerprint density at radius 1 is 1.47 bits per heavy atom. The van der Waals surface area contributed by atoms with Gasteiger partial charge in [-0.1, -0.05) is 13.8 Å². The maximum absolute atomic E-state index is 10.9. The van der Waals surface area contributed by atoms with Crippen LogP contribution in [-0.2, 0) is 0 Å². The molecule has 0 amide bonds. The van der Waals surface area contributed by atoms with Crippen molar-refractivity contribution in [3.05, 3.63) is 27.9 Å². The van der Waals surface area contributed by atoms with E-state index in [-0.39, 0.29) is 5.69 Å². The number of anilines is 1. The Morgan fingerprint density at radius 3 is 2.76 bits per heavy atom. The van der Waals surface area contributed by atoms with Crippen LogP contribution in [0.4, 0.5) is 11.5 Å². The summed E-state index contributed by atoms with van der Waals surface area (Å²) in [5.41, 5.74) is 0.668. The lowest BCUT2D eigenvalue weighted by Gasteiger charge is -2.10. The zero-order valence-electron chi connectivity index (χ0n) is 10.4. The van der Waals surface area contributed by atoms with Crippen molar-refractivity contribution >= 4 is 11.5 Å². The van der Waals surface area contributed by atoms with E-state index in [1.165, 1.54) is 0 Å². The summed E-state index contributed by atoms with van der Waals surface area (Å²) in [7, 11) is 0. The molecule has 0 radical (unpaired) electrons. The Morgan fingerprint density at radius 2 is 2.18 bits per heavy atom. The molecule has 94 valence electrons. The van der Waals surface area contributed by atoms with Gasteiger partial charge in [0.15, 0.2) is 0 Å². The van der Waals surface area contributed by atoms with Crippen LogP contribution >= 0.6 is 0 Å². The number of nitrogens with one attached hydrogen (secondary N) is 2. The van der Waals surface area contributed by atoms with E-state index in [0.717, 1.165) is 6.54 Å². The first-order valence-corrected chi connectivity index (χ1v) is 5.59. The first kappa shape index (κ1) is 13.4. The highest BCUT2D eigenvalue weighted by molar-refractivity contribution is 5.59. The molecule has 0 spiro atoms. The second-order valence-electron chi connectivity index (χ2n) is 4.12. The molecule has 1 aromatic heterocycles. The number of aromatic nitrogens is 1. The summed E-state index contributed by atoms with van der Waals surface area (Å²) in [6.45, 7) is 7.15. The molecule has 1 heterocycles. The Kier molecular flexibility index (Phi) is 4.84. The minimum atomic E-state index is -0.402. The molecule has 0 saturated heterocycles. The molecular weight excluding hydrogens is 220 g/mol. The van der Waals surface area contributed by atoms with Crippen molar-refractivity contribution in [3.8, 4) is 0 Å². The van der Waals surface area contributed by atoms with Crippen molar-refractivity contribution in [2.75, 3.05) is 18.4 Å². The maximum atomic E-state index is 10.9. The van der Waals surface area contributed by atoms with Gasteiger partial charge in [-0.15, -0.1) is 0 Å². The van der Waals surface area contributed by atoms with Crippen molar-refractivity contribution in [2.45, 2.75) is 26.8 Å². The number of aryl methyl sites for hydroxylation is 1. The van der Waals surface area contributed by atoms with Crippen molar-refractivity contribution < 1.29 is 4.92 Å². The van der Waals surface area contributed by atoms with Crippen molar-refractivity contribution in [1.29, 1.82) is 0 Å². The van der Waals surface area contributed by atoms with Gasteiger partial charge in [0, 0.05) is 30.9 Å². The number of hydrogen-bond acceptors (Lipinski definition) is 5. The third-order valence-electron chi connectivity index (χ3n) is 2.28. The number of nitro groups is 1. The summed E-state index contributed by atoms with van der Waals surface area (Å²) in [5.74, 6) is 0.334. The molecule has 0 atom stereocenters. The van der Waals surface area contributed by atoms with Gasteiger partial charge in [0.05, 0.1) is 4.92 Å². The van der Waals surface area contributed by atoms with Gasteiger partial charge < -0.3 is 10.6 Å². The van der Waals surface area contributed by atoms with E-state index < -0.39 is 4.92 Å². The molecule has 0 aromatic carbocycles. The average Bonchev–Trinajstić information content (AvgIpc) is 2.23. The van der Waals surface area contributed by atoms with E-state index in [0.29, 0.717) is 24.0 Å². The van der Waals surface area contributed by atoms with E-state index in [1.807, 2.05) is 13.8 Å². The molecule has 1 aromatic rings. The van der Waals surface area contributed by atoms with Crippen LogP contribution in [0.15, 0.2) is 12.3 Å². The van der Waals surface area contributed by atoms with Crippen LogP contribution in [0, 0.1) is 17.0 Å². The van der Waals surface area contributed by atoms with E-state index in [1.54, 1.807) is 19.2 Å². The van der Waals surface area contributed by atoms with Crippen molar-refractivity contribution in [3.63, 3.8) is 0 Å². The van der Waals surface area contributed by atoms with Crippen LogP contribution in [0.25, 0.3) is 0 Å². The lowest BCUT2D eigenvalue weighted by atomic mass is 10.2. The smallest absolute Gasteiger partial charge is 0.314 e. The quantitative estimate of drug-likeness (QED) is 0.448. The van der Waals surface area contributed by atoms with Crippen LogP contribution in [0.1, 0.15) is 19.4 Å². The molecule has 6 heteroatoms. The predicted octanol–water partition coefficient (Wildman–Crippen LogP) is 1.71. The topological polar surface area (TPSA) is 80.1 Å². The van der Waals surface area contributed by atoms with Crippen LogP contribution in [0.2, 0.25) is 0 Å². The fourth-order valence-electron chi connectivity index (χ4n) is 1.45. The van der Waals surface area contributed by atoms with Gasteiger partial charge in [0.25, 0.3) is 0 Å². The standard InChI is InChI=1S/C11H18N4O2/c1-8(2)12-6-7-14-11-10(15(16)17)9(3)4-5-13-11/h4-5,8,12H,6-7H2,1-3H3,(H,13,14). The highest BCUT2D eigenvalue weighted by Crippen LogP contribution is 2.24. The van der Waals surface area contributed by atoms with Crippen molar-refractivity contribution in [2.24, 2.45) is 0 Å². The zero-order chi connectivity index (χ0) is 12.8. The highest BCUT2D eigenvalue weighted by atomic mass is 16.6. The number of nitrogens with zero attached hydrogens (tertiary/aromatic N) is 2. The first-order chi connectivity index (χ1) is 8.02. The average molecular weight is 238 g/mol. The number of hydrogen-bond donors (Lipinski definition) is 2. The number of pyridine rings is 1. The zero-order valence-corrected chi connectivity index (χ0v) is 10.4. The first-order valence-electron chi connectivity index (χ1n) is 5.59. The van der Waals surface area contributed by atoms with Gasteiger partial charge in [-0.3, -0.25) is 10.1 Å². The molecular formula is C11H18N4O2. The van der Waals surface area contributed by atoms with Crippen LogP contribution < -0.4 is 10.6 Å². The van der Waals surface area contributed by atoms with Gasteiger partial charge in [-0.05, 0) is 13.0 Å². The van der Waals surface area contributed by atoms with E-state index in [2.05, 4.69) is 15.6 Å². The van der Waals surface area contributed by atoms with E-state index >= 15 is 0 Å². The summed E-state index contributed by atoms with van der Waals surface area (Å²) in [6, 6.07) is 2.03. The molecule has 6 nitrogen and oxygen atoms in total. The van der Waals surface area contributed by atoms with Gasteiger partial charge in [0.2, 0.25) is 5.82 Å². The third kappa shape index (κ3) is 3.99. The van der Waals surface area contributed by atoms with Crippen LogP contribution in [-0.4, -0.2) is 29.0 Å². The van der Waals surface area contributed by atoms with E-state index in [4.69, 9.17) is 0 Å². The molecule has 0 aliphatic heterocycles. The predicted molar refractivity (Wildman–Crippen MR) is 67.3 cm³/mol. The van der Waals surface area contributed by atoms with Gasteiger partial charge in [0.1, 0.15) is 0 Å². The summed E-state index contributed by atoms with van der Waals surface area (Å²) < 4.78 is 0. The summed E-state index contributed by atoms with van der Waals surface area (Å²) >= 11 is 0. The molecule has 17 heavy (non-hydrogen) atoms. The fraction of sp³-hybridized carbons (Fsp3) is 0.545. The monoisotopic (exact) mass is 238 g/mol. The Bertz CT molecular complexity index is 393. The summed E-state index contributed by atoms with van der Waals surface area (Å²) in [6.07, 6.45) is 1.57. The van der Waals surface area contributed by atoms with Crippen molar-refractivity contribution in [1.82, 2.24) is 10.3 Å². The van der Waals surface area contributed by atoms with Gasteiger partial charge in [-0.2, -0.15) is 0 Å². The largest absolute Gasteiger partial charge is 0.363 e. The molecule has 0 aliphatic rings. The minimum absolute atomic E-state index is 0.0528. The maximum Gasteiger partial charge on any atom is 0.314 e. The Labute approximate surface area is 101 Å². The van der Waals surface area contributed by atoms with Crippen LogP contribution in [0.5, 0.6) is 0 Å². The molecule has 2 N–H and O–H groups in total. The summed E-state index contributed by atoms with van der Waals surface area (Å²) in [4.78, 5) is 14.5. The SMILES string of the molecule is Cc1ccnc(NCCNC(C)C)c1[N+](=O)[O-]. The highest BCUT2D eigenvalue weighted by Gasteiger charge is 2.17. The molecule has 0 unspecified atom stereocenters. The Hall–Kier alpha value is -1.69. The van der Waals surface area contributed by atoms with Gasteiger partial charge in [-0.25, -0.2) is 4.98 Å². The fourth-order valence-corrected chi connectivity index (χ4v) is 1.45. The second-order valence-corrected chi connectivity index (χ2v) is 4.12. The molecule has 1 rings (SSSR count). The molecule has 0 fully saturated rings. The van der Waals surface area contributed by atoms with Gasteiger partial charge >= 0.3 is 5.69 Å². The lowest BCUT2D eigenvalue weighted by molar-refractivity contribution is -0.384. The Balaban J connectivity index is 2.64.